The Morgan fingerprint density at radius 2 is 2.08 bits per heavy atom. The van der Waals surface area contributed by atoms with Crippen LogP contribution in [-0.2, 0) is 9.84 Å². The largest absolute Gasteiger partial charge is 0.332 e. The van der Waals surface area contributed by atoms with Crippen molar-refractivity contribution < 1.29 is 17.6 Å². The van der Waals surface area contributed by atoms with E-state index in [0.717, 1.165) is 30.1 Å². The molecular weight excluding hydrogens is 355 g/mol. The maximum atomic E-state index is 12.8. The molecule has 1 aliphatic heterocycles. The SMILES string of the molecule is CC(/C=C/S(C)(=O)=O)NC(=O)N1CC[C@H](CCF)C[C@@H]1c1ccccc1. The normalized spacial score (nSPS) is 22.3. The molecule has 0 radical (unpaired) electrons. The molecule has 1 N–H and O–H groups in total. The van der Waals surface area contributed by atoms with Gasteiger partial charge in [0.2, 0.25) is 0 Å². The molecule has 144 valence electrons. The Kier molecular flexibility index (Phi) is 7.20. The first-order chi connectivity index (χ1) is 12.3. The predicted octanol–water partition coefficient (Wildman–Crippen LogP) is 3.46. The van der Waals surface area contributed by atoms with Crippen LogP contribution in [-0.4, -0.2) is 44.9 Å². The number of halogens is 1. The molecule has 1 fully saturated rings. The predicted molar refractivity (Wildman–Crippen MR) is 101 cm³/mol. The summed E-state index contributed by atoms with van der Waals surface area (Å²) in [7, 11) is -3.23. The van der Waals surface area contributed by atoms with Crippen LogP contribution in [0.5, 0.6) is 0 Å². The first-order valence-electron chi connectivity index (χ1n) is 8.86. The Balaban J connectivity index is 2.11. The van der Waals surface area contributed by atoms with Crippen molar-refractivity contribution in [2.24, 2.45) is 5.92 Å². The third-order valence-electron chi connectivity index (χ3n) is 4.64. The van der Waals surface area contributed by atoms with Crippen LogP contribution in [0.4, 0.5) is 9.18 Å². The Morgan fingerprint density at radius 1 is 1.38 bits per heavy atom. The first-order valence-corrected chi connectivity index (χ1v) is 10.8. The number of hydrogen-bond donors (Lipinski definition) is 1. The van der Waals surface area contributed by atoms with Crippen LogP contribution >= 0.6 is 0 Å². The zero-order valence-corrected chi connectivity index (χ0v) is 16.1. The van der Waals surface area contributed by atoms with Gasteiger partial charge in [-0.1, -0.05) is 36.4 Å². The molecule has 0 aliphatic carbocycles. The number of piperidine rings is 1. The fourth-order valence-electron chi connectivity index (χ4n) is 3.28. The second-order valence-electron chi connectivity index (χ2n) is 6.88. The van der Waals surface area contributed by atoms with Crippen molar-refractivity contribution in [1.29, 1.82) is 0 Å². The molecular formula is C19H27FN2O3S. The summed E-state index contributed by atoms with van der Waals surface area (Å²) >= 11 is 0. The number of rotatable bonds is 6. The van der Waals surface area contributed by atoms with Gasteiger partial charge in [0.15, 0.2) is 9.84 Å². The van der Waals surface area contributed by atoms with Crippen molar-refractivity contribution in [2.75, 3.05) is 19.5 Å². The number of nitrogens with one attached hydrogen (secondary N) is 1. The second kappa shape index (κ2) is 9.16. The first kappa shape index (κ1) is 20.4. The zero-order chi connectivity index (χ0) is 19.2. The van der Waals surface area contributed by atoms with Gasteiger partial charge >= 0.3 is 6.03 Å². The van der Waals surface area contributed by atoms with Gasteiger partial charge in [-0.05, 0) is 37.7 Å². The minimum atomic E-state index is -3.23. The summed E-state index contributed by atoms with van der Waals surface area (Å²) in [5, 5.41) is 3.93. The van der Waals surface area contributed by atoms with E-state index in [2.05, 4.69) is 5.32 Å². The van der Waals surface area contributed by atoms with Gasteiger partial charge in [-0.3, -0.25) is 4.39 Å². The molecule has 7 heteroatoms. The fraction of sp³-hybridized carbons (Fsp3) is 0.526. The highest BCUT2D eigenvalue weighted by Crippen LogP contribution is 2.35. The van der Waals surface area contributed by atoms with E-state index in [0.29, 0.717) is 13.0 Å². The molecule has 3 atom stereocenters. The van der Waals surface area contributed by atoms with Gasteiger partial charge in [0.1, 0.15) is 0 Å². The summed E-state index contributed by atoms with van der Waals surface area (Å²) in [4.78, 5) is 14.5. The van der Waals surface area contributed by atoms with E-state index in [1.165, 1.54) is 6.08 Å². The highest BCUT2D eigenvalue weighted by atomic mass is 32.2. The van der Waals surface area contributed by atoms with E-state index >= 15 is 0 Å². The van der Waals surface area contributed by atoms with E-state index < -0.39 is 15.9 Å². The van der Waals surface area contributed by atoms with Gasteiger partial charge in [0.05, 0.1) is 12.7 Å². The van der Waals surface area contributed by atoms with Crippen LogP contribution in [0.25, 0.3) is 0 Å². The lowest BCUT2D eigenvalue weighted by Crippen LogP contribution is -2.48. The lowest BCUT2D eigenvalue weighted by molar-refractivity contribution is 0.120. The topological polar surface area (TPSA) is 66.5 Å². The van der Waals surface area contributed by atoms with Crippen molar-refractivity contribution in [3.63, 3.8) is 0 Å². The summed E-state index contributed by atoms with van der Waals surface area (Å²) in [5.74, 6) is 0.261. The molecule has 1 unspecified atom stereocenters. The molecule has 1 aromatic rings. The average molecular weight is 383 g/mol. The van der Waals surface area contributed by atoms with E-state index in [1.54, 1.807) is 11.8 Å². The number of carbonyl (C=O) groups is 1. The summed E-state index contributed by atoms with van der Waals surface area (Å²) in [6.45, 7) is 1.94. The van der Waals surface area contributed by atoms with E-state index in [9.17, 15) is 17.6 Å². The van der Waals surface area contributed by atoms with Crippen LogP contribution in [0.15, 0.2) is 41.8 Å². The molecule has 26 heavy (non-hydrogen) atoms. The molecule has 1 aromatic carbocycles. The third-order valence-corrected chi connectivity index (χ3v) is 5.29. The number of likely N-dealkylation sites (tertiary alicyclic amines) is 1. The number of amides is 2. The Hall–Kier alpha value is -1.89. The molecule has 1 saturated heterocycles. The van der Waals surface area contributed by atoms with Crippen LogP contribution in [0.2, 0.25) is 0 Å². The van der Waals surface area contributed by atoms with E-state index in [-0.39, 0.29) is 24.7 Å². The number of hydrogen-bond acceptors (Lipinski definition) is 3. The maximum absolute atomic E-state index is 12.8. The minimum absolute atomic E-state index is 0.104. The fourth-order valence-corrected chi connectivity index (χ4v) is 3.80. The Morgan fingerprint density at radius 3 is 2.69 bits per heavy atom. The molecule has 1 heterocycles. The lowest BCUT2D eigenvalue weighted by Gasteiger charge is -2.40. The number of sulfone groups is 1. The number of nitrogens with zero attached hydrogens (tertiary/aromatic N) is 1. The van der Waals surface area contributed by atoms with Gasteiger partial charge in [-0.25, -0.2) is 13.2 Å². The van der Waals surface area contributed by atoms with Gasteiger partial charge < -0.3 is 10.2 Å². The van der Waals surface area contributed by atoms with Gasteiger partial charge in [-0.15, -0.1) is 0 Å². The zero-order valence-electron chi connectivity index (χ0n) is 15.3. The Bertz CT molecular complexity index is 722. The second-order valence-corrected chi connectivity index (χ2v) is 8.82. The van der Waals surface area contributed by atoms with Gasteiger partial charge in [0.25, 0.3) is 0 Å². The van der Waals surface area contributed by atoms with Crippen LogP contribution in [0.1, 0.15) is 37.8 Å². The molecule has 0 spiro atoms. The van der Waals surface area contributed by atoms with Crippen LogP contribution in [0, 0.1) is 5.92 Å². The number of benzene rings is 1. The smallest absolute Gasteiger partial charge is 0.318 e. The molecule has 0 bridgehead atoms. The summed E-state index contributed by atoms with van der Waals surface area (Å²) < 4.78 is 35.2. The molecule has 5 nitrogen and oxygen atoms in total. The number of urea groups is 1. The number of carbonyl (C=O) groups excluding carboxylic acids is 1. The molecule has 2 rings (SSSR count). The monoisotopic (exact) mass is 382 g/mol. The van der Waals surface area contributed by atoms with E-state index in [1.807, 2.05) is 30.3 Å². The average Bonchev–Trinajstić information content (AvgIpc) is 2.60. The van der Waals surface area contributed by atoms with Gasteiger partial charge in [-0.2, -0.15) is 0 Å². The van der Waals surface area contributed by atoms with Crippen molar-refractivity contribution in [2.45, 2.75) is 38.3 Å². The summed E-state index contributed by atoms with van der Waals surface area (Å²) in [5.41, 5.74) is 1.03. The maximum Gasteiger partial charge on any atom is 0.318 e. The highest BCUT2D eigenvalue weighted by molar-refractivity contribution is 7.93. The van der Waals surface area contributed by atoms with Crippen molar-refractivity contribution in [3.8, 4) is 0 Å². The van der Waals surface area contributed by atoms with Crippen LogP contribution < -0.4 is 5.32 Å². The molecule has 1 aliphatic rings. The third kappa shape index (κ3) is 6.12. The molecule has 0 aromatic heterocycles. The van der Waals surface area contributed by atoms with E-state index in [4.69, 9.17) is 0 Å². The lowest BCUT2D eigenvalue weighted by atomic mass is 9.85. The Labute approximate surface area is 155 Å². The van der Waals surface area contributed by atoms with Crippen LogP contribution in [0.3, 0.4) is 0 Å². The van der Waals surface area contributed by atoms with Crippen molar-refractivity contribution in [1.82, 2.24) is 10.2 Å². The highest BCUT2D eigenvalue weighted by Gasteiger charge is 2.32. The van der Waals surface area contributed by atoms with Gasteiger partial charge in [0, 0.05) is 24.3 Å². The summed E-state index contributed by atoms with van der Waals surface area (Å²) in [6.07, 6.45) is 4.59. The minimum Gasteiger partial charge on any atom is -0.332 e. The van der Waals surface area contributed by atoms with Crippen molar-refractivity contribution in [3.05, 3.63) is 47.4 Å². The molecule has 0 saturated carbocycles. The quantitative estimate of drug-likeness (QED) is 0.819. The number of alkyl halides is 1. The summed E-state index contributed by atoms with van der Waals surface area (Å²) in [6, 6.07) is 9.01. The molecule has 2 amide bonds. The van der Waals surface area contributed by atoms with Crippen molar-refractivity contribution >= 4 is 15.9 Å². The standard InChI is InChI=1S/C19H27FN2O3S/c1-15(10-13-26(2,24)25)21-19(23)22-12-9-16(8-11-20)14-18(22)17-6-4-3-5-7-17/h3-7,10,13,15-16,18H,8-9,11-12,14H2,1-2H3,(H,21,23)/b13-10+/t15?,16-,18+/m0/s1.